The number of primary amides is 1. The van der Waals surface area contributed by atoms with Crippen molar-refractivity contribution in [2.24, 2.45) is 5.73 Å². The second kappa shape index (κ2) is 8.57. The molecule has 0 aliphatic rings. The first-order valence-corrected chi connectivity index (χ1v) is 7.99. The lowest BCUT2D eigenvalue weighted by atomic mass is 10.2. The second-order valence-electron chi connectivity index (χ2n) is 5.02. The number of rotatable bonds is 7. The molecule has 2 aromatic carbocycles. The summed E-state index contributed by atoms with van der Waals surface area (Å²) in [6.07, 6.45) is 0.826. The Balaban J connectivity index is 1.74. The highest BCUT2D eigenvalue weighted by molar-refractivity contribution is 6.35. The van der Waals surface area contributed by atoms with Crippen LogP contribution in [-0.4, -0.2) is 18.4 Å². The molecule has 0 fully saturated rings. The van der Waals surface area contributed by atoms with E-state index in [1.807, 2.05) is 0 Å². The summed E-state index contributed by atoms with van der Waals surface area (Å²) in [5.74, 6) is -0.123. The van der Waals surface area contributed by atoms with Crippen LogP contribution in [0.25, 0.3) is 0 Å². The molecule has 0 spiro atoms. The average molecular weight is 367 g/mol. The summed E-state index contributed by atoms with van der Waals surface area (Å²) < 4.78 is 5.51. The number of ether oxygens (including phenoxy) is 1. The fourth-order valence-electron chi connectivity index (χ4n) is 1.95. The Morgan fingerprint density at radius 2 is 1.79 bits per heavy atom. The van der Waals surface area contributed by atoms with Crippen molar-refractivity contribution in [1.82, 2.24) is 0 Å². The van der Waals surface area contributed by atoms with Gasteiger partial charge < -0.3 is 15.8 Å². The van der Waals surface area contributed by atoms with E-state index in [4.69, 9.17) is 33.7 Å². The first-order chi connectivity index (χ1) is 11.5. The smallest absolute Gasteiger partial charge is 0.248 e. The van der Waals surface area contributed by atoms with Crippen molar-refractivity contribution < 1.29 is 14.3 Å². The standard InChI is InChI=1S/C17H16Cl2N2O3/c18-12-5-8-15(14(19)10-12)24-9-1-2-16(22)21-13-6-3-11(4-7-13)17(20)23/h3-8,10H,1-2,9H2,(H2,20,23)(H,21,22). The van der Waals surface area contributed by atoms with Crippen molar-refractivity contribution in [3.8, 4) is 5.75 Å². The van der Waals surface area contributed by atoms with Gasteiger partial charge in [0, 0.05) is 22.7 Å². The zero-order valence-corrected chi connectivity index (χ0v) is 14.2. The number of benzene rings is 2. The van der Waals surface area contributed by atoms with Crippen molar-refractivity contribution in [1.29, 1.82) is 0 Å². The van der Waals surface area contributed by atoms with E-state index in [1.54, 1.807) is 42.5 Å². The summed E-state index contributed by atoms with van der Waals surface area (Å²) in [6.45, 7) is 0.357. The van der Waals surface area contributed by atoms with Crippen molar-refractivity contribution in [3.05, 3.63) is 58.1 Å². The van der Waals surface area contributed by atoms with E-state index in [-0.39, 0.29) is 5.91 Å². The lowest BCUT2D eigenvalue weighted by Gasteiger charge is -2.09. The molecule has 0 aliphatic carbocycles. The molecular weight excluding hydrogens is 351 g/mol. The molecule has 3 N–H and O–H groups in total. The third-order valence-corrected chi connectivity index (χ3v) is 3.68. The molecule has 0 atom stereocenters. The van der Waals surface area contributed by atoms with Gasteiger partial charge in [0.05, 0.1) is 11.6 Å². The molecule has 2 amide bonds. The van der Waals surface area contributed by atoms with Gasteiger partial charge in [0.15, 0.2) is 0 Å². The van der Waals surface area contributed by atoms with Gasteiger partial charge in [-0.15, -0.1) is 0 Å². The Bertz CT molecular complexity index is 733. The molecule has 0 saturated carbocycles. The maximum absolute atomic E-state index is 11.9. The quantitative estimate of drug-likeness (QED) is 0.729. The van der Waals surface area contributed by atoms with Crippen LogP contribution in [0.5, 0.6) is 5.75 Å². The molecular formula is C17H16Cl2N2O3. The van der Waals surface area contributed by atoms with Crippen LogP contribution in [0.3, 0.4) is 0 Å². The van der Waals surface area contributed by atoms with Gasteiger partial charge in [-0.25, -0.2) is 0 Å². The van der Waals surface area contributed by atoms with Crippen LogP contribution in [0, 0.1) is 0 Å². The summed E-state index contributed by atoms with van der Waals surface area (Å²) in [5.41, 5.74) is 6.15. The monoisotopic (exact) mass is 366 g/mol. The molecule has 7 heteroatoms. The molecule has 0 heterocycles. The van der Waals surface area contributed by atoms with Gasteiger partial charge in [-0.05, 0) is 48.9 Å². The van der Waals surface area contributed by atoms with Crippen LogP contribution in [0.1, 0.15) is 23.2 Å². The molecule has 0 saturated heterocycles. The second-order valence-corrected chi connectivity index (χ2v) is 5.86. The molecule has 24 heavy (non-hydrogen) atoms. The van der Waals surface area contributed by atoms with Crippen molar-refractivity contribution >= 4 is 40.7 Å². The van der Waals surface area contributed by atoms with E-state index in [9.17, 15) is 9.59 Å². The van der Waals surface area contributed by atoms with E-state index in [0.29, 0.717) is 46.5 Å². The van der Waals surface area contributed by atoms with Crippen LogP contribution < -0.4 is 15.8 Å². The van der Waals surface area contributed by atoms with E-state index in [1.165, 1.54) is 0 Å². The number of anilines is 1. The van der Waals surface area contributed by atoms with Crippen LogP contribution in [-0.2, 0) is 4.79 Å². The van der Waals surface area contributed by atoms with E-state index >= 15 is 0 Å². The molecule has 2 aromatic rings. The minimum atomic E-state index is -0.508. The Morgan fingerprint density at radius 1 is 1.08 bits per heavy atom. The zero-order valence-electron chi connectivity index (χ0n) is 12.7. The minimum absolute atomic E-state index is 0.146. The fourth-order valence-corrected chi connectivity index (χ4v) is 2.41. The molecule has 5 nitrogen and oxygen atoms in total. The topological polar surface area (TPSA) is 81.4 Å². The molecule has 0 bridgehead atoms. The lowest BCUT2D eigenvalue weighted by Crippen LogP contribution is -2.14. The van der Waals surface area contributed by atoms with E-state index in [2.05, 4.69) is 5.32 Å². The molecule has 0 unspecified atom stereocenters. The number of halogens is 2. The predicted octanol–water partition coefficient (Wildman–Crippen LogP) is 3.89. The third kappa shape index (κ3) is 5.44. The molecule has 0 aliphatic heterocycles. The van der Waals surface area contributed by atoms with E-state index in [0.717, 1.165) is 0 Å². The molecule has 0 radical (unpaired) electrons. The number of nitrogens with two attached hydrogens (primary N) is 1. The largest absolute Gasteiger partial charge is 0.492 e. The third-order valence-electron chi connectivity index (χ3n) is 3.15. The normalized spacial score (nSPS) is 10.2. The van der Waals surface area contributed by atoms with Gasteiger partial charge in [-0.3, -0.25) is 9.59 Å². The van der Waals surface area contributed by atoms with Gasteiger partial charge in [0.25, 0.3) is 0 Å². The van der Waals surface area contributed by atoms with Crippen LogP contribution >= 0.6 is 23.2 Å². The van der Waals surface area contributed by atoms with Gasteiger partial charge in [0.2, 0.25) is 11.8 Å². The zero-order chi connectivity index (χ0) is 17.5. The maximum atomic E-state index is 11.9. The van der Waals surface area contributed by atoms with Crippen molar-refractivity contribution in [2.45, 2.75) is 12.8 Å². The van der Waals surface area contributed by atoms with Gasteiger partial charge in [-0.2, -0.15) is 0 Å². The number of hydrogen-bond donors (Lipinski definition) is 2. The molecule has 126 valence electrons. The van der Waals surface area contributed by atoms with Gasteiger partial charge >= 0.3 is 0 Å². The number of nitrogens with one attached hydrogen (secondary N) is 1. The van der Waals surface area contributed by atoms with Crippen LogP contribution in [0.4, 0.5) is 5.69 Å². The highest BCUT2D eigenvalue weighted by Crippen LogP contribution is 2.27. The summed E-state index contributed by atoms with van der Waals surface area (Å²) in [5, 5.41) is 3.70. The number of hydrogen-bond acceptors (Lipinski definition) is 3. The first-order valence-electron chi connectivity index (χ1n) is 7.23. The number of amides is 2. The Morgan fingerprint density at radius 3 is 2.42 bits per heavy atom. The van der Waals surface area contributed by atoms with Gasteiger partial charge in [-0.1, -0.05) is 23.2 Å². The first kappa shape index (κ1) is 18.1. The Kier molecular flexibility index (Phi) is 6.46. The van der Waals surface area contributed by atoms with Crippen LogP contribution in [0.2, 0.25) is 10.0 Å². The highest BCUT2D eigenvalue weighted by Gasteiger charge is 2.06. The predicted molar refractivity (Wildman–Crippen MR) is 94.8 cm³/mol. The van der Waals surface area contributed by atoms with Gasteiger partial charge in [0.1, 0.15) is 5.75 Å². The summed E-state index contributed by atoms with van der Waals surface area (Å²) in [6, 6.07) is 11.3. The molecule has 0 aromatic heterocycles. The minimum Gasteiger partial charge on any atom is -0.492 e. The highest BCUT2D eigenvalue weighted by atomic mass is 35.5. The molecule has 2 rings (SSSR count). The lowest BCUT2D eigenvalue weighted by molar-refractivity contribution is -0.116. The van der Waals surface area contributed by atoms with Crippen LogP contribution in [0.15, 0.2) is 42.5 Å². The van der Waals surface area contributed by atoms with Crippen molar-refractivity contribution in [3.63, 3.8) is 0 Å². The SMILES string of the molecule is NC(=O)c1ccc(NC(=O)CCCOc2ccc(Cl)cc2Cl)cc1. The number of carbonyl (C=O) groups is 2. The summed E-state index contributed by atoms with van der Waals surface area (Å²) in [7, 11) is 0. The average Bonchev–Trinajstić information content (AvgIpc) is 2.53. The van der Waals surface area contributed by atoms with Crippen molar-refractivity contribution in [2.75, 3.05) is 11.9 Å². The summed E-state index contributed by atoms with van der Waals surface area (Å²) >= 11 is 11.8. The maximum Gasteiger partial charge on any atom is 0.248 e. The Hall–Kier alpha value is -2.24. The fraction of sp³-hybridized carbons (Fsp3) is 0.176. The number of carbonyl (C=O) groups excluding carboxylic acids is 2. The van der Waals surface area contributed by atoms with E-state index < -0.39 is 5.91 Å². The summed E-state index contributed by atoms with van der Waals surface area (Å²) in [4.78, 5) is 22.8. The Labute approximate surface area is 149 Å².